The van der Waals surface area contributed by atoms with Gasteiger partial charge in [-0.15, -0.1) is 12.4 Å². The van der Waals surface area contributed by atoms with E-state index in [0.29, 0.717) is 5.92 Å². The first-order chi connectivity index (χ1) is 11.4. The van der Waals surface area contributed by atoms with Crippen molar-refractivity contribution in [1.29, 1.82) is 0 Å². The highest BCUT2D eigenvalue weighted by Crippen LogP contribution is 2.22. The summed E-state index contributed by atoms with van der Waals surface area (Å²) in [7, 11) is 2.18. The van der Waals surface area contributed by atoms with Crippen molar-refractivity contribution in [3.05, 3.63) is 35.9 Å². The van der Waals surface area contributed by atoms with Crippen LogP contribution in [0.1, 0.15) is 45.1 Å². The second-order valence-corrected chi connectivity index (χ2v) is 7.59. The van der Waals surface area contributed by atoms with Crippen LogP contribution in [0, 0.1) is 5.92 Å². The minimum absolute atomic E-state index is 0. The lowest BCUT2D eigenvalue weighted by atomic mass is 9.91. The van der Waals surface area contributed by atoms with Crippen LogP contribution >= 0.6 is 12.4 Å². The van der Waals surface area contributed by atoms with Gasteiger partial charge in [-0.2, -0.15) is 0 Å². The fourth-order valence-electron chi connectivity index (χ4n) is 3.71. The summed E-state index contributed by atoms with van der Waals surface area (Å²) in [5.74, 6) is 0.790. The van der Waals surface area contributed by atoms with Gasteiger partial charge >= 0.3 is 0 Å². The molecule has 1 aliphatic rings. The minimum atomic E-state index is -0.703. The molecule has 142 valence electrons. The molecule has 1 fully saturated rings. The number of halogens is 1. The summed E-state index contributed by atoms with van der Waals surface area (Å²) >= 11 is 0. The predicted octanol–water partition coefficient (Wildman–Crippen LogP) is 3.30. The number of nitrogens with zero attached hydrogens (tertiary/aromatic N) is 2. The minimum Gasteiger partial charge on any atom is -0.341 e. The van der Waals surface area contributed by atoms with Gasteiger partial charge in [-0.05, 0) is 44.7 Å². The molecular formula is C20H34ClN3O. The first-order valence-electron chi connectivity index (χ1n) is 9.23. The van der Waals surface area contributed by atoms with E-state index in [1.165, 1.54) is 5.56 Å². The van der Waals surface area contributed by atoms with E-state index in [9.17, 15) is 4.79 Å². The Morgan fingerprint density at radius 2 is 1.88 bits per heavy atom. The highest BCUT2D eigenvalue weighted by Gasteiger charge is 2.33. The van der Waals surface area contributed by atoms with Crippen LogP contribution in [-0.2, 0) is 11.3 Å². The Morgan fingerprint density at radius 3 is 2.44 bits per heavy atom. The maximum absolute atomic E-state index is 12.6. The number of piperidine rings is 1. The highest BCUT2D eigenvalue weighted by atomic mass is 35.5. The Balaban J connectivity index is 0.00000312. The van der Waals surface area contributed by atoms with Crippen molar-refractivity contribution < 1.29 is 4.79 Å². The molecule has 0 bridgehead atoms. The molecule has 2 rings (SSSR count). The van der Waals surface area contributed by atoms with Crippen molar-refractivity contribution in [2.75, 3.05) is 26.7 Å². The molecule has 1 atom stereocenters. The molecule has 2 N–H and O–H groups in total. The molecule has 0 spiro atoms. The van der Waals surface area contributed by atoms with Crippen LogP contribution in [0.4, 0.5) is 0 Å². The standard InChI is InChI=1S/C20H33N3O.ClH/c1-4-12-20(2,21)19(24)23-13-10-18(11-14-23)16-22(3)15-17-8-6-5-7-9-17;/h5-9,18H,4,10-16,21H2,1-3H3;1H. The number of likely N-dealkylation sites (tertiary alicyclic amines) is 1. The molecule has 1 amide bonds. The molecule has 1 aliphatic heterocycles. The SMILES string of the molecule is CCCC(C)(N)C(=O)N1CCC(CN(C)Cc2ccccc2)CC1.Cl. The van der Waals surface area contributed by atoms with E-state index >= 15 is 0 Å². The van der Waals surface area contributed by atoms with Crippen LogP contribution in [-0.4, -0.2) is 47.9 Å². The van der Waals surface area contributed by atoms with Gasteiger partial charge in [0, 0.05) is 26.2 Å². The number of rotatable bonds is 7. The molecule has 0 saturated carbocycles. The third-order valence-electron chi connectivity index (χ3n) is 5.02. The fourth-order valence-corrected chi connectivity index (χ4v) is 3.71. The highest BCUT2D eigenvalue weighted by molar-refractivity contribution is 5.86. The van der Waals surface area contributed by atoms with Crippen LogP contribution in [0.5, 0.6) is 0 Å². The van der Waals surface area contributed by atoms with E-state index < -0.39 is 5.54 Å². The molecule has 0 aliphatic carbocycles. The zero-order valence-electron chi connectivity index (χ0n) is 15.9. The van der Waals surface area contributed by atoms with Crippen molar-refractivity contribution in [1.82, 2.24) is 9.80 Å². The zero-order chi connectivity index (χ0) is 17.6. The molecule has 1 aromatic carbocycles. The summed E-state index contributed by atoms with van der Waals surface area (Å²) in [6.45, 7) is 7.72. The Hall–Kier alpha value is -1.10. The van der Waals surface area contributed by atoms with Crippen molar-refractivity contribution in [2.24, 2.45) is 11.7 Å². The Morgan fingerprint density at radius 1 is 1.28 bits per heavy atom. The van der Waals surface area contributed by atoms with Gasteiger partial charge in [-0.3, -0.25) is 4.79 Å². The fraction of sp³-hybridized carbons (Fsp3) is 0.650. The van der Waals surface area contributed by atoms with Crippen molar-refractivity contribution in [3.8, 4) is 0 Å². The summed E-state index contributed by atoms with van der Waals surface area (Å²) in [6, 6.07) is 10.6. The summed E-state index contributed by atoms with van der Waals surface area (Å²) in [5, 5.41) is 0. The molecule has 1 saturated heterocycles. The molecule has 1 heterocycles. The van der Waals surface area contributed by atoms with E-state index in [1.54, 1.807) is 0 Å². The number of benzene rings is 1. The molecule has 1 unspecified atom stereocenters. The summed E-state index contributed by atoms with van der Waals surface area (Å²) < 4.78 is 0. The summed E-state index contributed by atoms with van der Waals surface area (Å²) in [4.78, 5) is 16.9. The van der Waals surface area contributed by atoms with Crippen molar-refractivity contribution in [3.63, 3.8) is 0 Å². The van der Waals surface area contributed by atoms with Gasteiger partial charge in [0.2, 0.25) is 5.91 Å². The maximum Gasteiger partial charge on any atom is 0.242 e. The summed E-state index contributed by atoms with van der Waals surface area (Å²) in [5.41, 5.74) is 6.85. The third-order valence-corrected chi connectivity index (χ3v) is 5.02. The number of carbonyl (C=O) groups is 1. The van der Waals surface area contributed by atoms with E-state index in [0.717, 1.165) is 51.9 Å². The number of hydrogen-bond acceptors (Lipinski definition) is 3. The first kappa shape index (κ1) is 21.9. The molecule has 1 aromatic rings. The van der Waals surface area contributed by atoms with E-state index in [1.807, 2.05) is 11.8 Å². The lowest BCUT2D eigenvalue weighted by Crippen LogP contribution is -2.55. The van der Waals surface area contributed by atoms with Gasteiger partial charge in [-0.25, -0.2) is 0 Å². The normalized spacial score (nSPS) is 17.9. The molecule has 5 heteroatoms. The first-order valence-corrected chi connectivity index (χ1v) is 9.23. The van der Waals surface area contributed by atoms with Crippen LogP contribution in [0.15, 0.2) is 30.3 Å². The van der Waals surface area contributed by atoms with Crippen LogP contribution < -0.4 is 5.73 Å². The smallest absolute Gasteiger partial charge is 0.242 e. The van der Waals surface area contributed by atoms with Gasteiger partial charge in [0.15, 0.2) is 0 Å². The second kappa shape index (κ2) is 10.1. The van der Waals surface area contributed by atoms with E-state index in [4.69, 9.17) is 5.73 Å². The number of amides is 1. The van der Waals surface area contributed by atoms with Crippen LogP contribution in [0.2, 0.25) is 0 Å². The average molecular weight is 368 g/mol. The number of nitrogens with two attached hydrogens (primary N) is 1. The Bertz CT molecular complexity index is 513. The molecule has 25 heavy (non-hydrogen) atoms. The van der Waals surface area contributed by atoms with Crippen molar-refractivity contribution >= 4 is 18.3 Å². The number of carbonyl (C=O) groups excluding carboxylic acids is 1. The zero-order valence-corrected chi connectivity index (χ0v) is 16.7. The van der Waals surface area contributed by atoms with Gasteiger partial charge in [0.1, 0.15) is 0 Å². The lowest BCUT2D eigenvalue weighted by molar-refractivity contribution is -0.138. The Kier molecular flexibility index (Phi) is 8.91. The largest absolute Gasteiger partial charge is 0.341 e. The van der Waals surface area contributed by atoms with E-state index in [2.05, 4.69) is 49.2 Å². The van der Waals surface area contributed by atoms with Gasteiger partial charge in [0.05, 0.1) is 5.54 Å². The van der Waals surface area contributed by atoms with Gasteiger partial charge in [-0.1, -0.05) is 43.7 Å². The molecule has 0 radical (unpaired) electrons. The number of hydrogen-bond donors (Lipinski definition) is 1. The Labute approximate surface area is 159 Å². The van der Waals surface area contributed by atoms with Gasteiger partial charge in [0.25, 0.3) is 0 Å². The van der Waals surface area contributed by atoms with Crippen LogP contribution in [0.3, 0.4) is 0 Å². The molecular weight excluding hydrogens is 334 g/mol. The summed E-state index contributed by atoms with van der Waals surface area (Å²) in [6.07, 6.45) is 3.85. The van der Waals surface area contributed by atoms with Gasteiger partial charge < -0.3 is 15.5 Å². The maximum atomic E-state index is 12.6. The topological polar surface area (TPSA) is 49.6 Å². The van der Waals surface area contributed by atoms with E-state index in [-0.39, 0.29) is 18.3 Å². The average Bonchev–Trinajstić information content (AvgIpc) is 2.55. The molecule has 0 aromatic heterocycles. The van der Waals surface area contributed by atoms with Crippen LogP contribution in [0.25, 0.3) is 0 Å². The monoisotopic (exact) mass is 367 g/mol. The third kappa shape index (κ3) is 6.61. The second-order valence-electron chi connectivity index (χ2n) is 7.59. The lowest BCUT2D eigenvalue weighted by Gasteiger charge is -2.37. The van der Waals surface area contributed by atoms with Crippen molar-refractivity contribution in [2.45, 2.75) is 51.6 Å². The quantitative estimate of drug-likeness (QED) is 0.804. The predicted molar refractivity (Wildman–Crippen MR) is 107 cm³/mol. The molecule has 4 nitrogen and oxygen atoms in total.